The van der Waals surface area contributed by atoms with Crippen molar-refractivity contribution in [2.45, 2.75) is 20.8 Å². The Labute approximate surface area is 158 Å². The van der Waals surface area contributed by atoms with Crippen molar-refractivity contribution < 1.29 is 9.53 Å². The maximum atomic E-state index is 11.8. The van der Waals surface area contributed by atoms with Crippen molar-refractivity contribution in [1.29, 1.82) is 0 Å². The highest BCUT2D eigenvalue weighted by Gasteiger charge is 2.16. The number of hydrogen-bond acceptors (Lipinski definition) is 5. The molecule has 0 aliphatic heterocycles. The first-order chi connectivity index (χ1) is 12.0. The van der Waals surface area contributed by atoms with Crippen LogP contribution in [0.15, 0.2) is 30.3 Å². The van der Waals surface area contributed by atoms with Crippen molar-refractivity contribution in [2.24, 2.45) is 0 Å². The zero-order chi connectivity index (χ0) is 18.4. The van der Waals surface area contributed by atoms with Crippen LogP contribution in [0.3, 0.4) is 0 Å². The Bertz CT molecular complexity index is 737. The van der Waals surface area contributed by atoms with Gasteiger partial charge in [-0.3, -0.25) is 0 Å². The van der Waals surface area contributed by atoms with E-state index >= 15 is 0 Å². The van der Waals surface area contributed by atoms with E-state index < -0.39 is 0 Å². The van der Waals surface area contributed by atoms with Crippen molar-refractivity contribution in [3.8, 4) is 0 Å². The SMILES string of the molecule is CCN(CC)c1ccc(NC(=S)Nc2sc(C)cc2C(=O)OC)cc1. The molecule has 0 radical (unpaired) electrons. The molecule has 1 heterocycles. The van der Waals surface area contributed by atoms with Crippen LogP contribution in [-0.2, 0) is 4.74 Å². The Hall–Kier alpha value is -2.12. The normalized spacial score (nSPS) is 10.2. The first kappa shape index (κ1) is 19.2. The fourth-order valence-corrected chi connectivity index (χ4v) is 3.67. The molecule has 0 saturated carbocycles. The molecule has 7 heteroatoms. The molecule has 0 atom stereocenters. The smallest absolute Gasteiger partial charge is 0.340 e. The number of nitrogens with one attached hydrogen (secondary N) is 2. The number of thiophene rings is 1. The van der Waals surface area contributed by atoms with Gasteiger partial charge in [0.1, 0.15) is 5.00 Å². The molecule has 0 saturated heterocycles. The lowest BCUT2D eigenvalue weighted by atomic mass is 10.2. The van der Waals surface area contributed by atoms with Crippen LogP contribution < -0.4 is 15.5 Å². The Kier molecular flexibility index (Phi) is 6.78. The standard InChI is InChI=1S/C18H23N3O2S2/c1-5-21(6-2)14-9-7-13(8-10-14)19-18(24)20-16-15(17(22)23-4)11-12(3)25-16/h7-11H,5-6H2,1-4H3,(H2,19,20,24). The number of ether oxygens (including phenoxy) is 1. The number of anilines is 3. The molecular weight excluding hydrogens is 354 g/mol. The molecule has 0 bridgehead atoms. The lowest BCUT2D eigenvalue weighted by Gasteiger charge is -2.21. The van der Waals surface area contributed by atoms with Crippen LogP contribution in [0.25, 0.3) is 0 Å². The molecule has 2 rings (SSSR count). The van der Waals surface area contributed by atoms with Crippen molar-refractivity contribution in [3.63, 3.8) is 0 Å². The lowest BCUT2D eigenvalue weighted by molar-refractivity contribution is 0.0602. The van der Waals surface area contributed by atoms with Crippen LogP contribution in [0, 0.1) is 6.92 Å². The van der Waals surface area contributed by atoms with Gasteiger partial charge >= 0.3 is 5.97 Å². The summed E-state index contributed by atoms with van der Waals surface area (Å²) < 4.78 is 4.81. The Morgan fingerprint density at radius 1 is 1.20 bits per heavy atom. The van der Waals surface area contributed by atoms with Crippen LogP contribution in [0.5, 0.6) is 0 Å². The van der Waals surface area contributed by atoms with Gasteiger partial charge in [-0.2, -0.15) is 0 Å². The molecule has 5 nitrogen and oxygen atoms in total. The second-order valence-corrected chi connectivity index (χ2v) is 7.05. The van der Waals surface area contributed by atoms with E-state index in [9.17, 15) is 4.79 Å². The van der Waals surface area contributed by atoms with Gasteiger partial charge in [-0.15, -0.1) is 11.3 Å². The number of carbonyl (C=O) groups excluding carboxylic acids is 1. The third-order valence-electron chi connectivity index (χ3n) is 3.74. The Balaban J connectivity index is 2.05. The molecule has 0 amide bonds. The highest BCUT2D eigenvalue weighted by molar-refractivity contribution is 7.80. The fourth-order valence-electron chi connectivity index (χ4n) is 2.48. The van der Waals surface area contributed by atoms with Crippen LogP contribution >= 0.6 is 23.6 Å². The van der Waals surface area contributed by atoms with Gasteiger partial charge in [0.15, 0.2) is 5.11 Å². The van der Waals surface area contributed by atoms with E-state index in [1.165, 1.54) is 24.1 Å². The van der Waals surface area contributed by atoms with E-state index in [1.807, 2.05) is 19.1 Å². The van der Waals surface area contributed by atoms with E-state index in [2.05, 4.69) is 41.5 Å². The number of thiocarbonyl (C=S) groups is 1. The first-order valence-corrected chi connectivity index (χ1v) is 9.32. The highest BCUT2D eigenvalue weighted by atomic mass is 32.1. The van der Waals surface area contributed by atoms with Crippen molar-refractivity contribution in [1.82, 2.24) is 0 Å². The summed E-state index contributed by atoms with van der Waals surface area (Å²) >= 11 is 6.82. The summed E-state index contributed by atoms with van der Waals surface area (Å²) in [6.07, 6.45) is 0. The molecule has 0 unspecified atom stereocenters. The van der Waals surface area contributed by atoms with Crippen LogP contribution in [-0.4, -0.2) is 31.3 Å². The predicted octanol–water partition coefficient (Wildman–Crippen LogP) is 4.50. The average Bonchev–Trinajstić information content (AvgIpc) is 2.96. The monoisotopic (exact) mass is 377 g/mol. The third-order valence-corrected chi connectivity index (χ3v) is 4.91. The summed E-state index contributed by atoms with van der Waals surface area (Å²) in [4.78, 5) is 15.1. The van der Waals surface area contributed by atoms with Gasteiger partial charge in [-0.1, -0.05) is 0 Å². The minimum absolute atomic E-state index is 0.377. The topological polar surface area (TPSA) is 53.6 Å². The summed E-state index contributed by atoms with van der Waals surface area (Å²) in [7, 11) is 1.37. The minimum Gasteiger partial charge on any atom is -0.465 e. The maximum absolute atomic E-state index is 11.8. The molecule has 0 spiro atoms. The van der Waals surface area contributed by atoms with Crippen LogP contribution in [0.4, 0.5) is 16.4 Å². The molecule has 0 aliphatic carbocycles. The largest absolute Gasteiger partial charge is 0.465 e. The zero-order valence-electron chi connectivity index (χ0n) is 14.9. The first-order valence-electron chi connectivity index (χ1n) is 8.10. The highest BCUT2D eigenvalue weighted by Crippen LogP contribution is 2.28. The molecule has 2 aromatic rings. The molecular formula is C18H23N3O2S2. The zero-order valence-corrected chi connectivity index (χ0v) is 16.5. The number of esters is 1. The number of aryl methyl sites for hydroxylation is 1. The predicted molar refractivity (Wildman–Crippen MR) is 110 cm³/mol. The Morgan fingerprint density at radius 3 is 2.40 bits per heavy atom. The van der Waals surface area contributed by atoms with E-state index in [4.69, 9.17) is 17.0 Å². The van der Waals surface area contributed by atoms with Gasteiger partial charge in [0, 0.05) is 29.3 Å². The number of methoxy groups -OCH3 is 1. The summed E-state index contributed by atoms with van der Waals surface area (Å²) in [5, 5.41) is 7.34. The molecule has 2 N–H and O–H groups in total. The number of rotatable bonds is 6. The molecule has 1 aromatic heterocycles. The van der Waals surface area contributed by atoms with E-state index in [-0.39, 0.29) is 5.97 Å². The lowest BCUT2D eigenvalue weighted by Crippen LogP contribution is -2.22. The molecule has 0 aliphatic rings. The molecule has 1 aromatic carbocycles. The van der Waals surface area contributed by atoms with Crippen LogP contribution in [0.2, 0.25) is 0 Å². The molecule has 0 fully saturated rings. The van der Waals surface area contributed by atoms with Gasteiger partial charge in [-0.25, -0.2) is 4.79 Å². The molecule has 25 heavy (non-hydrogen) atoms. The van der Waals surface area contributed by atoms with Gasteiger partial charge in [0.05, 0.1) is 12.7 Å². The van der Waals surface area contributed by atoms with E-state index in [1.54, 1.807) is 6.07 Å². The summed E-state index contributed by atoms with van der Waals surface area (Å²) in [5.74, 6) is -0.377. The number of nitrogens with zero attached hydrogens (tertiary/aromatic N) is 1. The average molecular weight is 378 g/mol. The van der Waals surface area contributed by atoms with E-state index in [0.717, 1.165) is 23.7 Å². The van der Waals surface area contributed by atoms with Crippen molar-refractivity contribution in [2.75, 3.05) is 35.7 Å². The molecule has 134 valence electrons. The second kappa shape index (κ2) is 8.82. The van der Waals surface area contributed by atoms with Gasteiger partial charge in [0.2, 0.25) is 0 Å². The van der Waals surface area contributed by atoms with Gasteiger partial charge in [-0.05, 0) is 63.3 Å². The van der Waals surface area contributed by atoms with Gasteiger partial charge in [0.25, 0.3) is 0 Å². The number of hydrogen-bond donors (Lipinski definition) is 2. The quantitative estimate of drug-likeness (QED) is 0.571. The third kappa shape index (κ3) is 4.93. The summed E-state index contributed by atoms with van der Waals surface area (Å²) in [6.45, 7) is 8.15. The maximum Gasteiger partial charge on any atom is 0.340 e. The van der Waals surface area contributed by atoms with Crippen LogP contribution in [0.1, 0.15) is 29.1 Å². The number of carbonyl (C=O) groups is 1. The fraction of sp³-hybridized carbons (Fsp3) is 0.333. The summed E-state index contributed by atoms with van der Waals surface area (Å²) in [6, 6.07) is 9.89. The van der Waals surface area contributed by atoms with Crippen molar-refractivity contribution in [3.05, 3.63) is 40.8 Å². The minimum atomic E-state index is -0.377. The second-order valence-electron chi connectivity index (χ2n) is 5.39. The van der Waals surface area contributed by atoms with E-state index in [0.29, 0.717) is 15.7 Å². The van der Waals surface area contributed by atoms with Gasteiger partial charge < -0.3 is 20.3 Å². The summed E-state index contributed by atoms with van der Waals surface area (Å²) in [5.41, 5.74) is 2.56. The Morgan fingerprint density at radius 2 is 1.84 bits per heavy atom. The number of benzene rings is 1. The van der Waals surface area contributed by atoms with Crippen molar-refractivity contribution >= 4 is 51.0 Å².